The van der Waals surface area contributed by atoms with Crippen molar-refractivity contribution in [3.05, 3.63) is 24.8 Å². The molecule has 1 saturated carbocycles. The van der Waals surface area contributed by atoms with Crippen LogP contribution in [0.2, 0.25) is 0 Å². The Bertz CT molecular complexity index is 301. The molecule has 0 N–H and O–H groups in total. The van der Waals surface area contributed by atoms with E-state index in [2.05, 4.69) is 6.58 Å². The molecule has 1 aliphatic rings. The topological polar surface area (TPSA) is 26.3 Å². The summed E-state index contributed by atoms with van der Waals surface area (Å²) in [6.45, 7) is 9.42. The quantitative estimate of drug-likeness (QED) is 0.546. The zero-order chi connectivity index (χ0) is 12.9. The summed E-state index contributed by atoms with van der Waals surface area (Å²) < 4.78 is 5.55. The lowest BCUT2D eigenvalue weighted by molar-refractivity contribution is -0.166. The van der Waals surface area contributed by atoms with Crippen LogP contribution in [0.25, 0.3) is 0 Å². The van der Waals surface area contributed by atoms with Gasteiger partial charge in [-0.3, -0.25) is 4.79 Å². The normalized spacial score (nSPS) is 20.2. The summed E-state index contributed by atoms with van der Waals surface area (Å²) in [5.41, 5.74) is -0.830. The molecule has 2 heteroatoms. The van der Waals surface area contributed by atoms with Gasteiger partial charge in [0.05, 0.1) is 5.41 Å². The van der Waals surface area contributed by atoms with Crippen molar-refractivity contribution in [3.63, 3.8) is 0 Å². The molecule has 1 rings (SSSR count). The number of rotatable bonds is 3. The van der Waals surface area contributed by atoms with E-state index >= 15 is 0 Å². The van der Waals surface area contributed by atoms with Crippen LogP contribution in [-0.2, 0) is 9.53 Å². The van der Waals surface area contributed by atoms with E-state index in [4.69, 9.17) is 4.74 Å². The van der Waals surface area contributed by atoms with Crippen LogP contribution in [0.4, 0.5) is 0 Å². The van der Waals surface area contributed by atoms with Crippen LogP contribution in [0.5, 0.6) is 0 Å². The number of esters is 1. The largest absolute Gasteiger partial charge is 0.459 e. The highest BCUT2D eigenvalue weighted by atomic mass is 16.6. The highest BCUT2D eigenvalue weighted by molar-refractivity contribution is 5.79. The van der Waals surface area contributed by atoms with Crippen LogP contribution >= 0.6 is 0 Å². The number of hydrogen-bond donors (Lipinski definition) is 0. The van der Waals surface area contributed by atoms with Gasteiger partial charge in [-0.1, -0.05) is 44.1 Å². The second-order valence-electron chi connectivity index (χ2n) is 5.81. The first-order valence-electron chi connectivity index (χ1n) is 6.43. The molecule has 0 saturated heterocycles. The van der Waals surface area contributed by atoms with Gasteiger partial charge in [-0.25, -0.2) is 0 Å². The van der Waals surface area contributed by atoms with Crippen molar-refractivity contribution in [2.24, 2.45) is 5.41 Å². The fourth-order valence-electron chi connectivity index (χ4n) is 2.25. The van der Waals surface area contributed by atoms with Gasteiger partial charge in [-0.15, -0.1) is 0 Å². The number of hydrogen-bond acceptors (Lipinski definition) is 2. The van der Waals surface area contributed by atoms with Crippen molar-refractivity contribution in [2.45, 2.75) is 58.5 Å². The molecule has 0 aromatic rings. The minimum absolute atomic E-state index is 0.0807. The summed E-state index contributed by atoms with van der Waals surface area (Å²) in [6, 6.07) is 0. The molecule has 0 heterocycles. The van der Waals surface area contributed by atoms with Crippen LogP contribution in [-0.4, -0.2) is 11.6 Å². The van der Waals surface area contributed by atoms with Crippen LogP contribution < -0.4 is 0 Å². The first kappa shape index (κ1) is 14.0. The monoisotopic (exact) mass is 236 g/mol. The Balaban J connectivity index is 2.85. The molecular formula is C15H24O2. The molecule has 0 radical (unpaired) electrons. The van der Waals surface area contributed by atoms with Crippen LogP contribution in [0, 0.1) is 5.41 Å². The minimum Gasteiger partial charge on any atom is -0.459 e. The lowest BCUT2D eigenvalue weighted by atomic mass is 9.73. The van der Waals surface area contributed by atoms with E-state index in [-0.39, 0.29) is 5.97 Å². The number of allylic oxidation sites excluding steroid dienone is 2. The summed E-state index contributed by atoms with van der Waals surface area (Å²) >= 11 is 0. The molecule has 17 heavy (non-hydrogen) atoms. The zero-order valence-corrected chi connectivity index (χ0v) is 11.3. The van der Waals surface area contributed by atoms with Crippen molar-refractivity contribution in [1.82, 2.24) is 0 Å². The number of carbonyl (C=O) groups is 1. The van der Waals surface area contributed by atoms with E-state index in [0.717, 1.165) is 25.7 Å². The van der Waals surface area contributed by atoms with Gasteiger partial charge in [0, 0.05) is 0 Å². The van der Waals surface area contributed by atoms with Crippen LogP contribution in [0.3, 0.4) is 0 Å². The van der Waals surface area contributed by atoms with Gasteiger partial charge in [0.2, 0.25) is 0 Å². The number of ether oxygens (including phenoxy) is 1. The maximum Gasteiger partial charge on any atom is 0.316 e. The van der Waals surface area contributed by atoms with Gasteiger partial charge in [0.25, 0.3) is 0 Å². The molecule has 0 bridgehead atoms. The SMILES string of the molecule is C=C/C=C/C1(C(=O)OC(C)(C)C)CCCCC1. The van der Waals surface area contributed by atoms with E-state index in [9.17, 15) is 4.79 Å². The standard InChI is InChI=1S/C15H24O2/c1-5-6-10-15(11-8-7-9-12-15)13(16)17-14(2,3)4/h5-6,10H,1,7-9,11-12H2,2-4H3/b10-6+. The molecule has 0 atom stereocenters. The number of carbonyl (C=O) groups excluding carboxylic acids is 1. The van der Waals surface area contributed by atoms with Crippen LogP contribution in [0.1, 0.15) is 52.9 Å². The molecule has 0 aliphatic heterocycles. The highest BCUT2D eigenvalue weighted by Gasteiger charge is 2.40. The summed E-state index contributed by atoms with van der Waals surface area (Å²) in [6.07, 6.45) is 10.8. The van der Waals surface area contributed by atoms with Crippen molar-refractivity contribution in [1.29, 1.82) is 0 Å². The van der Waals surface area contributed by atoms with Crippen LogP contribution in [0.15, 0.2) is 24.8 Å². The smallest absolute Gasteiger partial charge is 0.316 e. The predicted molar refractivity (Wildman–Crippen MR) is 70.7 cm³/mol. The average Bonchev–Trinajstić information content (AvgIpc) is 2.25. The zero-order valence-electron chi connectivity index (χ0n) is 11.3. The second kappa shape index (κ2) is 5.52. The summed E-state index contributed by atoms with van der Waals surface area (Å²) in [7, 11) is 0. The van der Waals surface area contributed by atoms with E-state index in [0.29, 0.717) is 0 Å². The van der Waals surface area contributed by atoms with Gasteiger partial charge in [-0.2, -0.15) is 0 Å². The maximum absolute atomic E-state index is 12.3. The Hall–Kier alpha value is -1.05. The lowest BCUT2D eigenvalue weighted by Crippen LogP contribution is -2.38. The van der Waals surface area contributed by atoms with Gasteiger partial charge in [0.15, 0.2) is 0 Å². The molecule has 0 unspecified atom stereocenters. The van der Waals surface area contributed by atoms with E-state index < -0.39 is 11.0 Å². The third-order valence-electron chi connectivity index (χ3n) is 3.10. The Morgan fingerprint density at radius 1 is 1.24 bits per heavy atom. The summed E-state index contributed by atoms with van der Waals surface area (Å²) in [4.78, 5) is 12.3. The van der Waals surface area contributed by atoms with E-state index in [1.54, 1.807) is 6.08 Å². The third-order valence-corrected chi connectivity index (χ3v) is 3.10. The van der Waals surface area contributed by atoms with Gasteiger partial charge >= 0.3 is 5.97 Å². The fraction of sp³-hybridized carbons (Fsp3) is 0.667. The van der Waals surface area contributed by atoms with Crippen molar-refractivity contribution >= 4 is 5.97 Å². The Morgan fingerprint density at radius 2 is 1.82 bits per heavy atom. The molecule has 0 aromatic carbocycles. The van der Waals surface area contributed by atoms with Gasteiger partial charge < -0.3 is 4.74 Å². The van der Waals surface area contributed by atoms with E-state index in [1.807, 2.05) is 32.9 Å². The summed E-state index contributed by atoms with van der Waals surface area (Å²) in [5.74, 6) is -0.0807. The Morgan fingerprint density at radius 3 is 2.29 bits per heavy atom. The molecule has 0 spiro atoms. The molecule has 2 nitrogen and oxygen atoms in total. The molecule has 0 aromatic heterocycles. The second-order valence-corrected chi connectivity index (χ2v) is 5.81. The first-order chi connectivity index (χ1) is 7.90. The molecule has 1 aliphatic carbocycles. The first-order valence-corrected chi connectivity index (χ1v) is 6.43. The van der Waals surface area contributed by atoms with Gasteiger partial charge in [0.1, 0.15) is 5.60 Å². The Kier molecular flexibility index (Phi) is 4.55. The van der Waals surface area contributed by atoms with Crippen molar-refractivity contribution in [3.8, 4) is 0 Å². The lowest BCUT2D eigenvalue weighted by Gasteiger charge is -2.35. The fourth-order valence-corrected chi connectivity index (χ4v) is 2.25. The molecule has 0 amide bonds. The van der Waals surface area contributed by atoms with Crippen molar-refractivity contribution in [2.75, 3.05) is 0 Å². The predicted octanol–water partition coefficient (Wildman–Crippen LogP) is 4.02. The Labute approximate surface area is 105 Å². The molecular weight excluding hydrogens is 212 g/mol. The van der Waals surface area contributed by atoms with E-state index in [1.165, 1.54) is 6.42 Å². The average molecular weight is 236 g/mol. The maximum atomic E-state index is 12.3. The minimum atomic E-state index is -0.417. The molecule has 1 fully saturated rings. The van der Waals surface area contributed by atoms with Crippen molar-refractivity contribution < 1.29 is 9.53 Å². The highest BCUT2D eigenvalue weighted by Crippen LogP contribution is 2.39. The van der Waals surface area contributed by atoms with Gasteiger partial charge in [-0.05, 0) is 33.6 Å². The molecule has 96 valence electrons. The third kappa shape index (κ3) is 4.03. The summed E-state index contributed by atoms with van der Waals surface area (Å²) in [5, 5.41) is 0.